The standard InChI is InChI=1S/C17H23NO2/c1-4-19-12-16-8-6-5-7-15(16)11-18-14(3)17-10-9-13(2)20-17/h5-10,14,18H,4,11-12H2,1-3H3. The maximum absolute atomic E-state index is 5.64. The summed E-state index contributed by atoms with van der Waals surface area (Å²) in [5.41, 5.74) is 2.51. The summed E-state index contributed by atoms with van der Waals surface area (Å²) in [6, 6.07) is 12.6. The lowest BCUT2D eigenvalue weighted by atomic mass is 10.1. The molecule has 0 fully saturated rings. The predicted molar refractivity (Wildman–Crippen MR) is 80.5 cm³/mol. The fourth-order valence-corrected chi connectivity index (χ4v) is 2.13. The van der Waals surface area contributed by atoms with Crippen molar-refractivity contribution in [3.63, 3.8) is 0 Å². The molecule has 0 bridgehead atoms. The van der Waals surface area contributed by atoms with Gasteiger partial charge in [-0.2, -0.15) is 0 Å². The fourth-order valence-electron chi connectivity index (χ4n) is 2.13. The number of aryl methyl sites for hydroxylation is 1. The van der Waals surface area contributed by atoms with Crippen molar-refractivity contribution in [1.29, 1.82) is 0 Å². The SMILES string of the molecule is CCOCc1ccccc1CNC(C)c1ccc(C)o1. The predicted octanol–water partition coefficient (Wildman–Crippen LogP) is 3.98. The van der Waals surface area contributed by atoms with E-state index in [1.54, 1.807) is 0 Å². The van der Waals surface area contributed by atoms with E-state index in [1.807, 2.05) is 26.0 Å². The zero-order chi connectivity index (χ0) is 14.4. The molecule has 0 aliphatic rings. The first kappa shape index (κ1) is 14.8. The molecule has 1 aromatic carbocycles. The van der Waals surface area contributed by atoms with Crippen molar-refractivity contribution in [2.24, 2.45) is 0 Å². The molecule has 1 N–H and O–H groups in total. The zero-order valence-corrected chi connectivity index (χ0v) is 12.5. The zero-order valence-electron chi connectivity index (χ0n) is 12.5. The summed E-state index contributed by atoms with van der Waals surface area (Å²) in [7, 11) is 0. The van der Waals surface area contributed by atoms with E-state index < -0.39 is 0 Å². The Hall–Kier alpha value is -1.58. The average Bonchev–Trinajstić information content (AvgIpc) is 2.90. The number of nitrogens with one attached hydrogen (secondary N) is 1. The molecule has 0 saturated carbocycles. The molecule has 0 aliphatic heterocycles. The van der Waals surface area contributed by atoms with E-state index in [-0.39, 0.29) is 6.04 Å². The Kier molecular flexibility index (Phi) is 5.39. The van der Waals surface area contributed by atoms with Crippen molar-refractivity contribution in [3.8, 4) is 0 Å². The number of furan rings is 1. The minimum absolute atomic E-state index is 0.198. The first-order valence-corrected chi connectivity index (χ1v) is 7.15. The highest BCUT2D eigenvalue weighted by molar-refractivity contribution is 5.26. The summed E-state index contributed by atoms with van der Waals surface area (Å²) < 4.78 is 11.2. The summed E-state index contributed by atoms with van der Waals surface area (Å²) in [6.07, 6.45) is 0. The van der Waals surface area contributed by atoms with Crippen molar-refractivity contribution in [2.75, 3.05) is 6.61 Å². The van der Waals surface area contributed by atoms with Gasteiger partial charge in [0.05, 0.1) is 12.6 Å². The van der Waals surface area contributed by atoms with Crippen LogP contribution in [0.3, 0.4) is 0 Å². The van der Waals surface area contributed by atoms with Crippen LogP contribution in [-0.4, -0.2) is 6.61 Å². The molecule has 3 heteroatoms. The van der Waals surface area contributed by atoms with Gasteiger partial charge >= 0.3 is 0 Å². The van der Waals surface area contributed by atoms with E-state index >= 15 is 0 Å². The van der Waals surface area contributed by atoms with E-state index in [2.05, 4.69) is 36.5 Å². The molecule has 0 saturated heterocycles. The number of benzene rings is 1. The molecule has 1 unspecified atom stereocenters. The van der Waals surface area contributed by atoms with E-state index in [0.29, 0.717) is 6.61 Å². The highest BCUT2D eigenvalue weighted by Crippen LogP contribution is 2.17. The summed E-state index contributed by atoms with van der Waals surface area (Å²) in [6.45, 7) is 8.32. The molecule has 0 radical (unpaired) electrons. The second-order valence-electron chi connectivity index (χ2n) is 4.96. The van der Waals surface area contributed by atoms with Crippen molar-refractivity contribution in [2.45, 2.75) is 40.0 Å². The summed E-state index contributed by atoms with van der Waals surface area (Å²) >= 11 is 0. The summed E-state index contributed by atoms with van der Waals surface area (Å²) in [5, 5.41) is 3.50. The summed E-state index contributed by atoms with van der Waals surface area (Å²) in [5.74, 6) is 1.93. The smallest absolute Gasteiger partial charge is 0.120 e. The molecule has 0 aliphatic carbocycles. The van der Waals surface area contributed by atoms with Crippen LogP contribution in [0.15, 0.2) is 40.8 Å². The molecule has 1 aromatic heterocycles. The lowest BCUT2D eigenvalue weighted by Crippen LogP contribution is -2.18. The van der Waals surface area contributed by atoms with Crippen LogP contribution < -0.4 is 5.32 Å². The number of hydrogen-bond donors (Lipinski definition) is 1. The van der Waals surface area contributed by atoms with E-state index in [0.717, 1.165) is 24.7 Å². The van der Waals surface area contributed by atoms with Gasteiger partial charge in [0, 0.05) is 13.2 Å². The molecule has 20 heavy (non-hydrogen) atoms. The second kappa shape index (κ2) is 7.27. The minimum atomic E-state index is 0.198. The Morgan fingerprint density at radius 2 is 1.90 bits per heavy atom. The third-order valence-electron chi connectivity index (χ3n) is 3.37. The molecular formula is C17H23NO2. The third kappa shape index (κ3) is 3.95. The monoisotopic (exact) mass is 273 g/mol. The van der Waals surface area contributed by atoms with E-state index in [1.165, 1.54) is 11.1 Å². The lowest BCUT2D eigenvalue weighted by Gasteiger charge is -2.14. The maximum atomic E-state index is 5.64. The van der Waals surface area contributed by atoms with Gasteiger partial charge in [0.15, 0.2) is 0 Å². The van der Waals surface area contributed by atoms with Gasteiger partial charge in [0.25, 0.3) is 0 Å². The molecule has 2 rings (SSSR count). The van der Waals surface area contributed by atoms with Gasteiger partial charge in [-0.3, -0.25) is 0 Å². The Labute approximate surface area is 121 Å². The Morgan fingerprint density at radius 1 is 1.15 bits per heavy atom. The number of ether oxygens (including phenoxy) is 1. The molecule has 108 valence electrons. The molecule has 1 atom stereocenters. The average molecular weight is 273 g/mol. The third-order valence-corrected chi connectivity index (χ3v) is 3.37. The quantitative estimate of drug-likeness (QED) is 0.828. The van der Waals surface area contributed by atoms with E-state index in [4.69, 9.17) is 9.15 Å². The lowest BCUT2D eigenvalue weighted by molar-refractivity contribution is 0.133. The van der Waals surface area contributed by atoms with Gasteiger partial charge in [0.1, 0.15) is 11.5 Å². The Morgan fingerprint density at radius 3 is 2.55 bits per heavy atom. The second-order valence-corrected chi connectivity index (χ2v) is 4.96. The first-order chi connectivity index (χ1) is 9.70. The molecule has 1 heterocycles. The molecule has 2 aromatic rings. The van der Waals surface area contributed by atoms with Crippen LogP contribution >= 0.6 is 0 Å². The van der Waals surface area contributed by atoms with Crippen LogP contribution in [-0.2, 0) is 17.9 Å². The molecule has 0 spiro atoms. The highest BCUT2D eigenvalue weighted by Gasteiger charge is 2.10. The fraction of sp³-hybridized carbons (Fsp3) is 0.412. The molecular weight excluding hydrogens is 250 g/mol. The van der Waals surface area contributed by atoms with Gasteiger partial charge in [-0.25, -0.2) is 0 Å². The van der Waals surface area contributed by atoms with Crippen LogP contribution in [0.25, 0.3) is 0 Å². The van der Waals surface area contributed by atoms with Crippen LogP contribution in [0.2, 0.25) is 0 Å². The van der Waals surface area contributed by atoms with Crippen LogP contribution in [0, 0.1) is 6.92 Å². The number of rotatable bonds is 7. The van der Waals surface area contributed by atoms with Gasteiger partial charge < -0.3 is 14.5 Å². The molecule has 3 nitrogen and oxygen atoms in total. The first-order valence-electron chi connectivity index (χ1n) is 7.15. The number of hydrogen-bond acceptors (Lipinski definition) is 3. The van der Waals surface area contributed by atoms with Crippen molar-refractivity contribution < 1.29 is 9.15 Å². The normalized spacial score (nSPS) is 12.6. The topological polar surface area (TPSA) is 34.4 Å². The van der Waals surface area contributed by atoms with Crippen molar-refractivity contribution in [1.82, 2.24) is 5.32 Å². The van der Waals surface area contributed by atoms with E-state index in [9.17, 15) is 0 Å². The Balaban J connectivity index is 1.96. The van der Waals surface area contributed by atoms with Gasteiger partial charge in [0.2, 0.25) is 0 Å². The van der Waals surface area contributed by atoms with Crippen molar-refractivity contribution >= 4 is 0 Å². The summed E-state index contributed by atoms with van der Waals surface area (Å²) in [4.78, 5) is 0. The van der Waals surface area contributed by atoms with Crippen LogP contribution in [0.1, 0.15) is 42.5 Å². The van der Waals surface area contributed by atoms with Crippen molar-refractivity contribution in [3.05, 3.63) is 59.0 Å². The van der Waals surface area contributed by atoms with Gasteiger partial charge in [-0.1, -0.05) is 24.3 Å². The van der Waals surface area contributed by atoms with Crippen LogP contribution in [0.5, 0.6) is 0 Å². The minimum Gasteiger partial charge on any atom is -0.465 e. The highest BCUT2D eigenvalue weighted by atomic mass is 16.5. The molecule has 0 amide bonds. The maximum Gasteiger partial charge on any atom is 0.120 e. The Bertz CT molecular complexity index is 533. The van der Waals surface area contributed by atoms with Gasteiger partial charge in [-0.15, -0.1) is 0 Å². The largest absolute Gasteiger partial charge is 0.465 e. The van der Waals surface area contributed by atoms with Crippen LogP contribution in [0.4, 0.5) is 0 Å². The van der Waals surface area contributed by atoms with Gasteiger partial charge in [-0.05, 0) is 44.0 Å².